The zero-order valence-corrected chi connectivity index (χ0v) is 10.7. The molecule has 2 atom stereocenters. The number of rotatable bonds is 3. The van der Waals surface area contributed by atoms with Crippen molar-refractivity contribution in [1.29, 1.82) is 0 Å². The van der Waals surface area contributed by atoms with Gasteiger partial charge in [-0.2, -0.15) is 0 Å². The highest BCUT2D eigenvalue weighted by molar-refractivity contribution is 7.90. The first-order valence-electron chi connectivity index (χ1n) is 5.51. The van der Waals surface area contributed by atoms with Crippen LogP contribution >= 0.6 is 0 Å². The minimum absolute atomic E-state index is 0.0961. The van der Waals surface area contributed by atoms with Crippen LogP contribution in [-0.4, -0.2) is 38.4 Å². The van der Waals surface area contributed by atoms with Crippen LogP contribution in [0.3, 0.4) is 0 Å². The van der Waals surface area contributed by atoms with Gasteiger partial charge in [0.05, 0.1) is 24.0 Å². The topological polar surface area (TPSA) is 68.3 Å². The molecule has 2 unspecified atom stereocenters. The molecule has 0 bridgehead atoms. The molecule has 1 aliphatic rings. The summed E-state index contributed by atoms with van der Waals surface area (Å²) in [6.45, 7) is 2.77. The molecule has 1 saturated heterocycles. The van der Waals surface area contributed by atoms with Gasteiger partial charge >= 0.3 is 0 Å². The lowest BCUT2D eigenvalue weighted by molar-refractivity contribution is 0.121. The summed E-state index contributed by atoms with van der Waals surface area (Å²) < 4.78 is 27.9. The standard InChI is InChI=1S/C11H16N2O3S/c1-8-10(5-6-16-8)13-9-3-4-11(12-7-9)17(2,14)15/h3-4,7-8,10,13H,5-6H2,1-2H3. The van der Waals surface area contributed by atoms with E-state index in [1.54, 1.807) is 12.3 Å². The Labute approximate surface area is 101 Å². The summed E-state index contributed by atoms with van der Waals surface area (Å²) >= 11 is 0. The lowest BCUT2D eigenvalue weighted by Gasteiger charge is -2.17. The number of hydrogen-bond acceptors (Lipinski definition) is 5. The van der Waals surface area contributed by atoms with Crippen LogP contribution in [0.25, 0.3) is 0 Å². The second-order valence-electron chi connectivity index (χ2n) is 4.27. The van der Waals surface area contributed by atoms with Gasteiger partial charge in [0, 0.05) is 12.9 Å². The molecule has 1 aromatic rings. The van der Waals surface area contributed by atoms with Crippen LogP contribution in [-0.2, 0) is 14.6 Å². The summed E-state index contributed by atoms with van der Waals surface area (Å²) in [5.74, 6) is 0. The van der Waals surface area contributed by atoms with Gasteiger partial charge in [-0.15, -0.1) is 0 Å². The number of sulfone groups is 1. The van der Waals surface area contributed by atoms with Gasteiger partial charge in [0.25, 0.3) is 0 Å². The summed E-state index contributed by atoms with van der Waals surface area (Å²) in [7, 11) is -3.22. The van der Waals surface area contributed by atoms with Crippen LogP contribution < -0.4 is 5.32 Å². The molecule has 0 aliphatic carbocycles. The zero-order chi connectivity index (χ0) is 12.5. The lowest BCUT2D eigenvalue weighted by atomic mass is 10.1. The Balaban J connectivity index is 2.08. The maximum atomic E-state index is 11.2. The van der Waals surface area contributed by atoms with Crippen molar-refractivity contribution < 1.29 is 13.2 Å². The van der Waals surface area contributed by atoms with E-state index in [0.29, 0.717) is 0 Å². The van der Waals surface area contributed by atoms with Gasteiger partial charge in [0.15, 0.2) is 14.9 Å². The molecule has 1 fully saturated rings. The first kappa shape index (κ1) is 12.3. The maximum absolute atomic E-state index is 11.2. The number of hydrogen-bond donors (Lipinski definition) is 1. The second kappa shape index (κ2) is 4.62. The smallest absolute Gasteiger partial charge is 0.192 e. The minimum atomic E-state index is -3.22. The second-order valence-corrected chi connectivity index (χ2v) is 6.24. The van der Waals surface area contributed by atoms with E-state index in [-0.39, 0.29) is 17.2 Å². The van der Waals surface area contributed by atoms with Crippen LogP contribution in [0, 0.1) is 0 Å². The Bertz CT molecular complexity index is 484. The van der Waals surface area contributed by atoms with Crippen molar-refractivity contribution in [2.24, 2.45) is 0 Å². The van der Waals surface area contributed by atoms with E-state index in [2.05, 4.69) is 10.3 Å². The van der Waals surface area contributed by atoms with Crippen LogP contribution in [0.4, 0.5) is 5.69 Å². The van der Waals surface area contributed by atoms with Crippen molar-refractivity contribution in [2.45, 2.75) is 30.5 Å². The van der Waals surface area contributed by atoms with Crippen molar-refractivity contribution >= 4 is 15.5 Å². The van der Waals surface area contributed by atoms with Crippen molar-refractivity contribution in [3.05, 3.63) is 18.3 Å². The molecule has 94 valence electrons. The summed E-state index contributed by atoms with van der Waals surface area (Å²) in [6.07, 6.45) is 3.82. The van der Waals surface area contributed by atoms with Crippen molar-refractivity contribution in [3.8, 4) is 0 Å². The van der Waals surface area contributed by atoms with Crippen molar-refractivity contribution in [1.82, 2.24) is 4.98 Å². The van der Waals surface area contributed by atoms with E-state index in [0.717, 1.165) is 25.0 Å². The SMILES string of the molecule is CC1OCCC1Nc1ccc(S(C)(=O)=O)nc1. The average Bonchev–Trinajstić information content (AvgIpc) is 2.64. The van der Waals surface area contributed by atoms with Gasteiger partial charge in [-0.1, -0.05) is 0 Å². The van der Waals surface area contributed by atoms with Gasteiger partial charge in [-0.3, -0.25) is 0 Å². The number of ether oxygens (including phenoxy) is 1. The number of nitrogens with one attached hydrogen (secondary N) is 1. The van der Waals surface area contributed by atoms with Gasteiger partial charge in [-0.05, 0) is 25.5 Å². The predicted molar refractivity (Wildman–Crippen MR) is 64.8 cm³/mol. The third-order valence-electron chi connectivity index (χ3n) is 2.84. The summed E-state index contributed by atoms with van der Waals surface area (Å²) in [6, 6.07) is 3.51. The fraction of sp³-hybridized carbons (Fsp3) is 0.545. The number of aromatic nitrogens is 1. The zero-order valence-electron chi connectivity index (χ0n) is 9.88. The van der Waals surface area contributed by atoms with Crippen molar-refractivity contribution in [2.75, 3.05) is 18.2 Å². The van der Waals surface area contributed by atoms with E-state index in [1.807, 2.05) is 6.92 Å². The number of pyridine rings is 1. The van der Waals surface area contributed by atoms with Crippen LogP contribution in [0.15, 0.2) is 23.4 Å². The molecule has 0 spiro atoms. The quantitative estimate of drug-likeness (QED) is 0.876. The predicted octanol–water partition coefficient (Wildman–Crippen LogP) is 1.07. The molecule has 0 radical (unpaired) electrons. The maximum Gasteiger partial charge on any atom is 0.192 e. The first-order valence-corrected chi connectivity index (χ1v) is 7.40. The van der Waals surface area contributed by atoms with E-state index < -0.39 is 9.84 Å². The van der Waals surface area contributed by atoms with Gasteiger partial charge in [-0.25, -0.2) is 13.4 Å². The van der Waals surface area contributed by atoms with E-state index >= 15 is 0 Å². The van der Waals surface area contributed by atoms with Gasteiger partial charge in [0.1, 0.15) is 0 Å². The third kappa shape index (κ3) is 2.95. The molecule has 1 N–H and O–H groups in total. The highest BCUT2D eigenvalue weighted by atomic mass is 32.2. The van der Waals surface area contributed by atoms with Crippen LogP contribution in [0.2, 0.25) is 0 Å². The molecule has 6 heteroatoms. The Morgan fingerprint density at radius 3 is 2.71 bits per heavy atom. The molecule has 17 heavy (non-hydrogen) atoms. The highest BCUT2D eigenvalue weighted by Gasteiger charge is 2.23. The molecule has 2 rings (SSSR count). The van der Waals surface area contributed by atoms with Crippen LogP contribution in [0.5, 0.6) is 0 Å². The number of nitrogens with zero attached hydrogens (tertiary/aromatic N) is 1. The van der Waals surface area contributed by atoms with Crippen LogP contribution in [0.1, 0.15) is 13.3 Å². The average molecular weight is 256 g/mol. The summed E-state index contributed by atoms with van der Waals surface area (Å²) in [5.41, 5.74) is 0.819. The fourth-order valence-electron chi connectivity index (χ4n) is 1.82. The minimum Gasteiger partial charge on any atom is -0.378 e. The molecular weight excluding hydrogens is 240 g/mol. The Morgan fingerprint density at radius 2 is 2.24 bits per heavy atom. The van der Waals surface area contributed by atoms with Gasteiger partial charge < -0.3 is 10.1 Å². The lowest BCUT2D eigenvalue weighted by Crippen LogP contribution is -2.26. The molecule has 0 aromatic carbocycles. The molecule has 2 heterocycles. The van der Waals surface area contributed by atoms with Crippen molar-refractivity contribution in [3.63, 3.8) is 0 Å². The molecule has 1 aromatic heterocycles. The van der Waals surface area contributed by atoms with E-state index in [4.69, 9.17) is 4.74 Å². The molecule has 0 saturated carbocycles. The first-order chi connectivity index (χ1) is 7.97. The third-order valence-corrected chi connectivity index (χ3v) is 3.85. The highest BCUT2D eigenvalue weighted by Crippen LogP contribution is 2.19. The van der Waals surface area contributed by atoms with Gasteiger partial charge in [0.2, 0.25) is 0 Å². The van der Waals surface area contributed by atoms with E-state index in [9.17, 15) is 8.42 Å². The Morgan fingerprint density at radius 1 is 1.47 bits per heavy atom. The monoisotopic (exact) mass is 256 g/mol. The summed E-state index contributed by atoms with van der Waals surface area (Å²) in [5, 5.41) is 3.38. The Hall–Kier alpha value is -1.14. The molecular formula is C11H16N2O3S. The molecule has 0 amide bonds. The molecule has 5 nitrogen and oxygen atoms in total. The molecule has 1 aliphatic heterocycles. The number of anilines is 1. The Kier molecular flexibility index (Phi) is 3.35. The fourth-order valence-corrected chi connectivity index (χ4v) is 2.38. The summed E-state index contributed by atoms with van der Waals surface area (Å²) in [4.78, 5) is 3.93. The largest absolute Gasteiger partial charge is 0.378 e. The normalized spacial score (nSPS) is 24.8. The van der Waals surface area contributed by atoms with E-state index in [1.165, 1.54) is 6.07 Å².